The molecule has 0 aliphatic carbocycles. The first kappa shape index (κ1) is 14.8. The van der Waals surface area contributed by atoms with E-state index in [0.29, 0.717) is 30.8 Å². The molecular formula is C15H21N5O2. The maximum atomic E-state index is 12.6. The van der Waals surface area contributed by atoms with Crippen molar-refractivity contribution < 1.29 is 9.90 Å². The van der Waals surface area contributed by atoms with Gasteiger partial charge < -0.3 is 10.0 Å². The molecule has 1 aliphatic heterocycles. The number of carbonyl (C=O) groups is 1. The topological polar surface area (TPSA) is 87.0 Å². The van der Waals surface area contributed by atoms with Crippen molar-refractivity contribution in [3.05, 3.63) is 34.9 Å². The van der Waals surface area contributed by atoms with Crippen LogP contribution in [0.4, 0.5) is 0 Å². The number of likely N-dealkylation sites (tertiary alicyclic amines) is 1. The molecule has 2 aromatic heterocycles. The molecular weight excluding hydrogens is 282 g/mol. The molecule has 1 fully saturated rings. The zero-order valence-corrected chi connectivity index (χ0v) is 13.1. The molecule has 0 spiro atoms. The third-order valence-corrected chi connectivity index (χ3v) is 4.17. The van der Waals surface area contributed by atoms with Crippen molar-refractivity contribution in [1.29, 1.82) is 0 Å². The quantitative estimate of drug-likeness (QED) is 0.861. The van der Waals surface area contributed by atoms with Crippen LogP contribution in [-0.2, 0) is 13.5 Å². The van der Waals surface area contributed by atoms with Gasteiger partial charge in [0.05, 0.1) is 23.1 Å². The number of nitrogens with one attached hydrogen (secondary N) is 1. The third kappa shape index (κ3) is 2.76. The first-order chi connectivity index (χ1) is 10.4. The van der Waals surface area contributed by atoms with E-state index in [-0.39, 0.29) is 11.8 Å². The van der Waals surface area contributed by atoms with Crippen LogP contribution in [-0.4, -0.2) is 55.1 Å². The van der Waals surface area contributed by atoms with E-state index >= 15 is 0 Å². The lowest BCUT2D eigenvalue weighted by atomic mass is 10.0. The van der Waals surface area contributed by atoms with Gasteiger partial charge in [0.2, 0.25) is 0 Å². The first-order valence-corrected chi connectivity index (χ1v) is 7.42. The molecule has 0 saturated carbocycles. The van der Waals surface area contributed by atoms with Gasteiger partial charge in [-0.25, -0.2) is 0 Å². The summed E-state index contributed by atoms with van der Waals surface area (Å²) in [5.74, 6) is -0.0472. The van der Waals surface area contributed by atoms with E-state index < -0.39 is 6.10 Å². The monoisotopic (exact) mass is 303 g/mol. The lowest BCUT2D eigenvalue weighted by Crippen LogP contribution is -2.29. The number of aliphatic hydroxyl groups is 1. The highest BCUT2D eigenvalue weighted by atomic mass is 16.3. The minimum absolute atomic E-state index is 0.0172. The van der Waals surface area contributed by atoms with Crippen molar-refractivity contribution in [3.8, 4) is 0 Å². The van der Waals surface area contributed by atoms with Gasteiger partial charge >= 0.3 is 0 Å². The van der Waals surface area contributed by atoms with E-state index in [2.05, 4.69) is 15.3 Å². The van der Waals surface area contributed by atoms with Crippen LogP contribution in [0.1, 0.15) is 27.4 Å². The molecule has 22 heavy (non-hydrogen) atoms. The van der Waals surface area contributed by atoms with Crippen LogP contribution in [0.3, 0.4) is 0 Å². The standard InChI is InChI=1S/C15H21N5O2/c1-9-4-12(17-16-9)5-11-6-20(8-14(11)21)15(22)13-7-19(3)18-10(13)2/h4,7,11,14,21H,5-6,8H2,1-3H3,(H,16,17)/t11-,14-/m1/s1. The summed E-state index contributed by atoms with van der Waals surface area (Å²) in [5, 5.41) is 21.6. The summed E-state index contributed by atoms with van der Waals surface area (Å²) in [6, 6.07) is 1.97. The lowest BCUT2D eigenvalue weighted by molar-refractivity contribution is 0.0764. The van der Waals surface area contributed by atoms with E-state index in [9.17, 15) is 9.90 Å². The summed E-state index contributed by atoms with van der Waals surface area (Å²) < 4.78 is 1.64. The molecule has 1 amide bonds. The summed E-state index contributed by atoms with van der Waals surface area (Å²) in [6.07, 6.45) is 1.88. The van der Waals surface area contributed by atoms with E-state index in [1.165, 1.54) is 0 Å². The number of aliphatic hydroxyl groups excluding tert-OH is 1. The Balaban J connectivity index is 1.70. The largest absolute Gasteiger partial charge is 0.391 e. The molecule has 0 bridgehead atoms. The second-order valence-corrected chi connectivity index (χ2v) is 6.09. The average Bonchev–Trinajstić information content (AvgIpc) is 3.11. The Morgan fingerprint density at radius 3 is 2.82 bits per heavy atom. The smallest absolute Gasteiger partial charge is 0.257 e. The fourth-order valence-electron chi connectivity index (χ4n) is 3.05. The highest BCUT2D eigenvalue weighted by Crippen LogP contribution is 2.23. The highest BCUT2D eigenvalue weighted by molar-refractivity contribution is 5.95. The van der Waals surface area contributed by atoms with Gasteiger partial charge in [0.15, 0.2) is 0 Å². The van der Waals surface area contributed by atoms with Gasteiger partial charge in [0.1, 0.15) is 0 Å². The predicted octanol–water partition coefficient (Wildman–Crippen LogP) is 0.436. The van der Waals surface area contributed by atoms with Crippen LogP contribution in [0.5, 0.6) is 0 Å². The van der Waals surface area contributed by atoms with Crippen molar-refractivity contribution in [3.63, 3.8) is 0 Å². The Kier molecular flexibility index (Phi) is 3.74. The predicted molar refractivity (Wildman–Crippen MR) is 80.4 cm³/mol. The van der Waals surface area contributed by atoms with Crippen LogP contribution in [0.15, 0.2) is 12.3 Å². The Morgan fingerprint density at radius 1 is 1.45 bits per heavy atom. The number of hydrogen-bond donors (Lipinski definition) is 2. The number of nitrogens with zero attached hydrogens (tertiary/aromatic N) is 4. The molecule has 1 aliphatic rings. The number of hydrogen-bond acceptors (Lipinski definition) is 4. The molecule has 1 saturated heterocycles. The van der Waals surface area contributed by atoms with Crippen molar-refractivity contribution in [1.82, 2.24) is 24.9 Å². The minimum atomic E-state index is -0.516. The van der Waals surface area contributed by atoms with Gasteiger partial charge in [0, 0.05) is 37.9 Å². The Bertz CT molecular complexity index is 690. The van der Waals surface area contributed by atoms with Crippen molar-refractivity contribution in [2.45, 2.75) is 26.4 Å². The number of β-amino-alcohol motifs (C(OH)–C–C–N with tert-alkyl or cyclic N) is 1. The molecule has 2 N–H and O–H groups in total. The fraction of sp³-hybridized carbons (Fsp3) is 0.533. The van der Waals surface area contributed by atoms with Crippen LogP contribution in [0.2, 0.25) is 0 Å². The van der Waals surface area contributed by atoms with Gasteiger partial charge in [-0.1, -0.05) is 0 Å². The van der Waals surface area contributed by atoms with Crippen molar-refractivity contribution in [2.75, 3.05) is 13.1 Å². The Morgan fingerprint density at radius 2 is 2.23 bits per heavy atom. The minimum Gasteiger partial charge on any atom is -0.391 e. The summed E-state index contributed by atoms with van der Waals surface area (Å²) >= 11 is 0. The van der Waals surface area contributed by atoms with Crippen molar-refractivity contribution in [2.24, 2.45) is 13.0 Å². The Hall–Kier alpha value is -2.15. The third-order valence-electron chi connectivity index (χ3n) is 4.17. The molecule has 0 unspecified atom stereocenters. The molecule has 7 heteroatoms. The van der Waals surface area contributed by atoms with E-state index in [0.717, 1.165) is 11.4 Å². The van der Waals surface area contributed by atoms with E-state index in [1.807, 2.05) is 19.9 Å². The molecule has 3 heterocycles. The number of aromatic nitrogens is 4. The maximum absolute atomic E-state index is 12.6. The van der Waals surface area contributed by atoms with Gasteiger partial charge in [-0.05, 0) is 26.3 Å². The number of H-pyrrole nitrogens is 1. The fourth-order valence-corrected chi connectivity index (χ4v) is 3.05. The molecule has 2 atom stereocenters. The van der Waals surface area contributed by atoms with E-state index in [1.54, 1.807) is 22.8 Å². The number of aromatic amines is 1. The van der Waals surface area contributed by atoms with Crippen LogP contribution in [0, 0.1) is 19.8 Å². The van der Waals surface area contributed by atoms with Crippen LogP contribution < -0.4 is 0 Å². The van der Waals surface area contributed by atoms with Gasteiger partial charge in [-0.3, -0.25) is 14.6 Å². The number of carbonyl (C=O) groups excluding carboxylic acids is 1. The number of amides is 1. The summed E-state index contributed by atoms with van der Waals surface area (Å²) in [6.45, 7) is 4.67. The maximum Gasteiger partial charge on any atom is 0.257 e. The molecule has 3 rings (SSSR count). The van der Waals surface area contributed by atoms with Crippen molar-refractivity contribution >= 4 is 5.91 Å². The first-order valence-electron chi connectivity index (χ1n) is 7.42. The summed E-state index contributed by atoms with van der Waals surface area (Å²) in [5.41, 5.74) is 3.24. The van der Waals surface area contributed by atoms with Gasteiger partial charge in [-0.2, -0.15) is 10.2 Å². The normalized spacial score (nSPS) is 21.5. The molecule has 0 radical (unpaired) electrons. The van der Waals surface area contributed by atoms with E-state index in [4.69, 9.17) is 0 Å². The van der Waals surface area contributed by atoms with Crippen LogP contribution >= 0.6 is 0 Å². The zero-order chi connectivity index (χ0) is 15.9. The Labute approximate surface area is 128 Å². The SMILES string of the molecule is Cc1cc(C[C@@H]2CN(C(=O)c3cn(C)nc3C)C[C@H]2O)n[nH]1. The number of aryl methyl sites for hydroxylation is 3. The second kappa shape index (κ2) is 5.57. The highest BCUT2D eigenvalue weighted by Gasteiger charge is 2.35. The molecule has 2 aromatic rings. The van der Waals surface area contributed by atoms with Gasteiger partial charge in [-0.15, -0.1) is 0 Å². The molecule has 7 nitrogen and oxygen atoms in total. The zero-order valence-electron chi connectivity index (χ0n) is 13.1. The molecule has 118 valence electrons. The summed E-state index contributed by atoms with van der Waals surface area (Å²) in [4.78, 5) is 14.3. The average molecular weight is 303 g/mol. The van der Waals surface area contributed by atoms with Crippen LogP contribution in [0.25, 0.3) is 0 Å². The summed E-state index contributed by atoms with van der Waals surface area (Å²) in [7, 11) is 1.80. The number of rotatable bonds is 3. The molecule has 0 aromatic carbocycles. The second-order valence-electron chi connectivity index (χ2n) is 6.09. The van der Waals surface area contributed by atoms with Gasteiger partial charge in [0.25, 0.3) is 5.91 Å². The lowest BCUT2D eigenvalue weighted by Gasteiger charge is -2.15.